The van der Waals surface area contributed by atoms with Crippen LogP contribution in [0.3, 0.4) is 0 Å². The van der Waals surface area contributed by atoms with E-state index >= 15 is 0 Å². The highest BCUT2D eigenvalue weighted by Crippen LogP contribution is 2.18. The molecule has 2 aliphatic heterocycles. The lowest BCUT2D eigenvalue weighted by atomic mass is 10.1. The Hall–Kier alpha value is -3.07. The second-order valence-electron chi connectivity index (χ2n) is 8.34. The molecule has 1 atom stereocenters. The molecule has 2 heterocycles. The molecule has 3 amide bonds. The van der Waals surface area contributed by atoms with Gasteiger partial charge >= 0.3 is 0 Å². The van der Waals surface area contributed by atoms with Crippen LogP contribution in [-0.4, -0.2) is 97.6 Å². The smallest absolute Gasteiger partial charge is 0.293 e. The van der Waals surface area contributed by atoms with E-state index in [0.717, 1.165) is 5.56 Å². The van der Waals surface area contributed by atoms with Crippen LogP contribution in [0, 0.1) is 0 Å². The van der Waals surface area contributed by atoms with Crippen molar-refractivity contribution in [1.82, 2.24) is 14.7 Å². The molecule has 0 spiro atoms. The molecular weight excluding hydrogens is 438 g/mol. The number of carbonyl (C=O) groups is 3. The van der Waals surface area contributed by atoms with Crippen LogP contribution >= 0.6 is 0 Å². The number of allylic oxidation sites excluding steroid dienone is 1. The van der Waals surface area contributed by atoms with Crippen molar-refractivity contribution in [3.63, 3.8) is 0 Å². The molecule has 1 aromatic carbocycles. The first kappa shape index (κ1) is 25.6. The van der Waals surface area contributed by atoms with Crippen LogP contribution < -0.4 is 0 Å². The van der Waals surface area contributed by atoms with Crippen molar-refractivity contribution >= 4 is 17.7 Å². The number of carbonyl (C=O) groups excluding carboxylic acids is 3. The average molecular weight is 474 g/mol. The maximum absolute atomic E-state index is 13.2. The van der Waals surface area contributed by atoms with Gasteiger partial charge in [-0.2, -0.15) is 0 Å². The van der Waals surface area contributed by atoms with E-state index in [9.17, 15) is 14.4 Å². The number of ether oxygens (including phenoxy) is 3. The maximum Gasteiger partial charge on any atom is 0.293 e. The molecule has 9 heteroatoms. The summed E-state index contributed by atoms with van der Waals surface area (Å²) in [7, 11) is 0. The highest BCUT2D eigenvalue weighted by molar-refractivity contribution is 5.95. The average Bonchev–Trinajstić information content (AvgIpc) is 3.01. The number of rotatable bonds is 9. The van der Waals surface area contributed by atoms with Crippen molar-refractivity contribution < 1.29 is 28.6 Å². The van der Waals surface area contributed by atoms with Gasteiger partial charge in [0.05, 0.1) is 6.10 Å². The Kier molecular flexibility index (Phi) is 9.33. The van der Waals surface area contributed by atoms with Crippen LogP contribution in [0.25, 0.3) is 0 Å². The number of hydrogen-bond acceptors (Lipinski definition) is 6. The Bertz CT molecular complexity index is 884. The van der Waals surface area contributed by atoms with Crippen LogP contribution in [0.5, 0.6) is 0 Å². The van der Waals surface area contributed by atoms with E-state index in [4.69, 9.17) is 14.2 Å². The van der Waals surface area contributed by atoms with Gasteiger partial charge in [-0.25, -0.2) is 0 Å². The fraction of sp³-hybridized carbons (Fsp3) is 0.560. The minimum Gasteiger partial charge on any atom is -0.491 e. The first-order valence-electron chi connectivity index (χ1n) is 11.9. The van der Waals surface area contributed by atoms with Crippen LogP contribution in [0.2, 0.25) is 0 Å². The number of likely N-dealkylation sites (N-methyl/N-ethyl adjacent to an activating group) is 1. The third-order valence-electron chi connectivity index (χ3n) is 6.05. The third kappa shape index (κ3) is 6.72. The summed E-state index contributed by atoms with van der Waals surface area (Å²) in [5.74, 6) is -0.158. The second-order valence-corrected chi connectivity index (χ2v) is 8.34. The van der Waals surface area contributed by atoms with Gasteiger partial charge in [0.25, 0.3) is 5.91 Å². The van der Waals surface area contributed by atoms with E-state index in [2.05, 4.69) is 0 Å². The van der Waals surface area contributed by atoms with Crippen LogP contribution in [0.1, 0.15) is 26.3 Å². The zero-order valence-electron chi connectivity index (χ0n) is 20.3. The first-order chi connectivity index (χ1) is 16.4. The summed E-state index contributed by atoms with van der Waals surface area (Å²) in [6.07, 6.45) is 0.184. The van der Waals surface area contributed by atoms with Gasteiger partial charge in [-0.3, -0.25) is 14.4 Å². The lowest BCUT2D eigenvalue weighted by Gasteiger charge is -2.27. The minimum atomic E-state index is -0.504. The lowest BCUT2D eigenvalue weighted by molar-refractivity contribution is -0.140. The Morgan fingerprint density at radius 2 is 1.79 bits per heavy atom. The van der Waals surface area contributed by atoms with Gasteiger partial charge in [-0.05, 0) is 32.8 Å². The van der Waals surface area contributed by atoms with Gasteiger partial charge in [-0.15, -0.1) is 0 Å². The van der Waals surface area contributed by atoms with Crippen molar-refractivity contribution in [2.45, 2.75) is 33.3 Å². The van der Waals surface area contributed by atoms with Gasteiger partial charge in [0.15, 0.2) is 0 Å². The fourth-order valence-electron chi connectivity index (χ4n) is 4.08. The van der Waals surface area contributed by atoms with E-state index in [1.54, 1.807) is 16.7 Å². The molecular formula is C25H35N3O6. The zero-order chi connectivity index (χ0) is 24.5. The van der Waals surface area contributed by atoms with Crippen molar-refractivity contribution in [3.05, 3.63) is 47.4 Å². The highest BCUT2D eigenvalue weighted by Gasteiger charge is 2.34. The molecule has 3 rings (SSSR count). The normalized spacial score (nSPS) is 18.8. The summed E-state index contributed by atoms with van der Waals surface area (Å²) in [5.41, 5.74) is 1.12. The molecule has 186 valence electrons. The van der Waals surface area contributed by atoms with E-state index in [1.165, 1.54) is 4.90 Å². The number of benzene rings is 1. The fourth-order valence-corrected chi connectivity index (χ4v) is 4.08. The van der Waals surface area contributed by atoms with Gasteiger partial charge in [0.2, 0.25) is 17.6 Å². The van der Waals surface area contributed by atoms with Gasteiger partial charge in [0.1, 0.15) is 32.1 Å². The van der Waals surface area contributed by atoms with Crippen LogP contribution in [0.15, 0.2) is 41.9 Å². The van der Waals surface area contributed by atoms with E-state index in [1.807, 2.05) is 44.2 Å². The maximum atomic E-state index is 13.2. The van der Waals surface area contributed by atoms with Crippen molar-refractivity contribution in [2.75, 3.05) is 59.1 Å². The largest absolute Gasteiger partial charge is 0.491 e. The van der Waals surface area contributed by atoms with Crippen molar-refractivity contribution in [1.29, 1.82) is 0 Å². The highest BCUT2D eigenvalue weighted by atomic mass is 16.6. The van der Waals surface area contributed by atoms with Crippen molar-refractivity contribution in [3.8, 4) is 0 Å². The summed E-state index contributed by atoms with van der Waals surface area (Å²) >= 11 is 0. The Morgan fingerprint density at radius 1 is 1.09 bits per heavy atom. The molecule has 0 saturated carbocycles. The number of hydrogen-bond donors (Lipinski definition) is 0. The predicted octanol–water partition coefficient (Wildman–Crippen LogP) is 1.43. The second kappa shape index (κ2) is 12.4. The molecule has 1 fully saturated rings. The molecule has 0 radical (unpaired) electrons. The molecule has 9 nitrogen and oxygen atoms in total. The van der Waals surface area contributed by atoms with E-state index in [0.29, 0.717) is 45.0 Å². The van der Waals surface area contributed by atoms with E-state index in [-0.39, 0.29) is 43.9 Å². The molecule has 1 saturated heterocycles. The Morgan fingerprint density at radius 3 is 2.47 bits per heavy atom. The quantitative estimate of drug-likeness (QED) is 0.539. The van der Waals surface area contributed by atoms with Crippen LogP contribution in [0.4, 0.5) is 0 Å². The summed E-state index contributed by atoms with van der Waals surface area (Å²) in [5, 5.41) is 0. The molecule has 34 heavy (non-hydrogen) atoms. The topological polar surface area (TPSA) is 88.6 Å². The lowest BCUT2D eigenvalue weighted by Crippen LogP contribution is -2.42. The predicted molar refractivity (Wildman–Crippen MR) is 126 cm³/mol. The monoisotopic (exact) mass is 473 g/mol. The summed E-state index contributed by atoms with van der Waals surface area (Å²) < 4.78 is 17.0. The third-order valence-corrected chi connectivity index (χ3v) is 6.05. The molecule has 0 N–H and O–H groups in total. The molecule has 0 bridgehead atoms. The molecule has 0 unspecified atom stereocenters. The zero-order valence-corrected chi connectivity index (χ0v) is 20.3. The standard InChI is InChI=1S/C25H35N3O6/c1-4-26(5-2)23(30)18-34-21-15-27(12-11-20-9-7-6-8-10-20)22(29)17-28(16-21)25(31)24-19(3)32-13-14-33-24/h6-10,21H,4-5,11-18H2,1-3H3/t21-/m1/s1. The minimum absolute atomic E-state index is 0.0857. The molecule has 2 aliphatic rings. The SMILES string of the molecule is CCN(CC)C(=O)CO[C@@H]1CN(CCc2ccccc2)C(=O)CN(C(=O)C2=C(C)OCCO2)C1. The van der Waals surface area contributed by atoms with Gasteiger partial charge < -0.3 is 28.9 Å². The van der Waals surface area contributed by atoms with Gasteiger partial charge in [0, 0.05) is 32.7 Å². The summed E-state index contributed by atoms with van der Waals surface area (Å²) in [6.45, 7) is 8.16. The molecule has 0 aliphatic carbocycles. The van der Waals surface area contributed by atoms with Crippen molar-refractivity contribution in [2.24, 2.45) is 0 Å². The summed E-state index contributed by atoms with van der Waals surface area (Å²) in [6, 6.07) is 9.92. The summed E-state index contributed by atoms with van der Waals surface area (Å²) in [4.78, 5) is 43.6. The van der Waals surface area contributed by atoms with Gasteiger partial charge in [-0.1, -0.05) is 30.3 Å². The number of nitrogens with zero attached hydrogens (tertiary/aromatic N) is 3. The molecule has 1 aromatic rings. The van der Waals surface area contributed by atoms with Crippen LogP contribution in [-0.2, 0) is 35.0 Å². The number of amides is 3. The Balaban J connectivity index is 1.74. The van der Waals surface area contributed by atoms with E-state index < -0.39 is 12.0 Å². The Labute approximate surface area is 201 Å². The first-order valence-corrected chi connectivity index (χ1v) is 11.9. The molecule has 0 aromatic heterocycles.